The van der Waals surface area contributed by atoms with Crippen molar-refractivity contribution < 1.29 is 14.0 Å². The first kappa shape index (κ1) is 11.5. The summed E-state index contributed by atoms with van der Waals surface area (Å²) in [5, 5.41) is 5.12. The van der Waals surface area contributed by atoms with Crippen molar-refractivity contribution in [3.8, 4) is 0 Å². The molecule has 2 heterocycles. The first-order chi connectivity index (χ1) is 10.2. The van der Waals surface area contributed by atoms with Crippen LogP contribution in [-0.4, -0.2) is 23.0 Å². The molecule has 2 amide bonds. The molecule has 1 aliphatic heterocycles. The molecule has 4 atom stereocenters. The van der Waals surface area contributed by atoms with Crippen LogP contribution in [0.3, 0.4) is 0 Å². The van der Waals surface area contributed by atoms with Crippen molar-refractivity contribution in [3.63, 3.8) is 0 Å². The molecule has 4 aliphatic rings. The largest absolute Gasteiger partial charge is 0.463 e. The maximum absolute atomic E-state index is 12.6. The van der Waals surface area contributed by atoms with Crippen LogP contribution in [0.5, 0.6) is 0 Å². The molecule has 2 bridgehead atoms. The number of imide groups is 1. The highest BCUT2D eigenvalue weighted by molar-refractivity contribution is 6.07. The summed E-state index contributed by atoms with van der Waals surface area (Å²) in [6.07, 6.45) is 9.58. The van der Waals surface area contributed by atoms with Crippen LogP contribution < -0.4 is 0 Å². The van der Waals surface area contributed by atoms with Crippen LogP contribution in [-0.2, 0) is 9.59 Å². The molecule has 1 spiro atoms. The number of allylic oxidation sites excluding steroid dienone is 2. The van der Waals surface area contributed by atoms with Gasteiger partial charge in [-0.3, -0.25) is 9.59 Å². The number of carbonyl (C=O) groups is 2. The van der Waals surface area contributed by atoms with Crippen molar-refractivity contribution in [2.24, 2.45) is 34.2 Å². The van der Waals surface area contributed by atoms with Crippen LogP contribution in [0.4, 0.5) is 0 Å². The Morgan fingerprint density at radius 2 is 1.86 bits per heavy atom. The quantitative estimate of drug-likeness (QED) is 0.472. The average molecular weight is 282 g/mol. The summed E-state index contributed by atoms with van der Waals surface area (Å²) >= 11 is 0. The highest BCUT2D eigenvalue weighted by atomic mass is 16.3. The minimum atomic E-state index is -0.191. The maximum Gasteiger partial charge on any atom is 0.254 e. The van der Waals surface area contributed by atoms with E-state index in [4.69, 9.17) is 4.42 Å². The lowest BCUT2D eigenvalue weighted by Gasteiger charge is -2.18. The zero-order valence-electron chi connectivity index (χ0n) is 11.3. The number of furan rings is 1. The molecule has 3 aliphatic carbocycles. The van der Waals surface area contributed by atoms with E-state index in [1.54, 1.807) is 12.1 Å². The minimum Gasteiger partial charge on any atom is -0.463 e. The molecule has 106 valence electrons. The number of fused-ring (bicyclic) bond motifs is 3. The molecule has 0 N–H and O–H groups in total. The molecule has 3 fully saturated rings. The van der Waals surface area contributed by atoms with E-state index < -0.39 is 0 Å². The molecular weight excluding hydrogens is 268 g/mol. The molecule has 0 unspecified atom stereocenters. The van der Waals surface area contributed by atoms with Gasteiger partial charge in [0.05, 0.1) is 24.3 Å². The highest BCUT2D eigenvalue weighted by Gasteiger charge is 2.73. The Balaban J connectivity index is 1.48. The van der Waals surface area contributed by atoms with E-state index in [0.29, 0.717) is 5.76 Å². The van der Waals surface area contributed by atoms with Gasteiger partial charge in [0, 0.05) is 0 Å². The van der Waals surface area contributed by atoms with Gasteiger partial charge < -0.3 is 4.42 Å². The molecule has 1 aromatic heterocycles. The molecule has 0 aromatic carbocycles. The molecule has 1 aromatic rings. The van der Waals surface area contributed by atoms with Crippen molar-refractivity contribution in [2.75, 3.05) is 0 Å². The molecule has 1 saturated heterocycles. The Hall–Kier alpha value is -2.17. The van der Waals surface area contributed by atoms with Gasteiger partial charge in [0.25, 0.3) is 11.8 Å². The van der Waals surface area contributed by atoms with E-state index in [0.717, 1.165) is 17.9 Å². The molecule has 2 saturated carbocycles. The number of nitrogens with zero attached hydrogens (tertiary/aromatic N) is 2. The summed E-state index contributed by atoms with van der Waals surface area (Å²) in [5.41, 5.74) is 0.234. The van der Waals surface area contributed by atoms with E-state index in [1.165, 1.54) is 12.5 Å². The molecule has 5 nitrogen and oxygen atoms in total. The first-order valence-electron chi connectivity index (χ1n) is 7.36. The van der Waals surface area contributed by atoms with E-state index in [-0.39, 0.29) is 40.9 Å². The van der Waals surface area contributed by atoms with Crippen molar-refractivity contribution >= 4 is 18.0 Å². The second kappa shape index (κ2) is 3.53. The minimum absolute atomic E-state index is 0.143. The average Bonchev–Trinajstić information content (AvgIpc) is 2.77. The summed E-state index contributed by atoms with van der Waals surface area (Å²) in [6.45, 7) is 0. The zero-order chi connectivity index (χ0) is 14.2. The Bertz CT molecular complexity index is 665. The van der Waals surface area contributed by atoms with Crippen molar-refractivity contribution in [3.05, 3.63) is 36.3 Å². The van der Waals surface area contributed by atoms with Crippen LogP contribution in [0.15, 0.2) is 40.1 Å². The monoisotopic (exact) mass is 282 g/mol. The summed E-state index contributed by atoms with van der Waals surface area (Å²) < 4.78 is 5.14. The van der Waals surface area contributed by atoms with Crippen LogP contribution in [0, 0.1) is 29.1 Å². The van der Waals surface area contributed by atoms with Crippen molar-refractivity contribution in [1.82, 2.24) is 5.01 Å². The Labute approximate surface area is 121 Å². The second-order valence-corrected chi connectivity index (χ2v) is 6.47. The van der Waals surface area contributed by atoms with Gasteiger partial charge in [-0.1, -0.05) is 12.2 Å². The number of hydrazone groups is 1. The third-order valence-corrected chi connectivity index (χ3v) is 5.67. The zero-order valence-corrected chi connectivity index (χ0v) is 11.3. The third kappa shape index (κ3) is 1.25. The van der Waals surface area contributed by atoms with Crippen LogP contribution in [0.2, 0.25) is 0 Å². The molecule has 5 heteroatoms. The fraction of sp³-hybridized carbons (Fsp3) is 0.438. The predicted molar refractivity (Wildman–Crippen MR) is 72.9 cm³/mol. The molecular formula is C16H14N2O3. The SMILES string of the molecule is O=C1[C@@H]2[C@H](C(=O)N1/N=C\c1ccco1)[C@@H]1C=C[C@@H]2C12CC2. The third-order valence-electron chi connectivity index (χ3n) is 5.67. The van der Waals surface area contributed by atoms with E-state index >= 15 is 0 Å². The lowest BCUT2D eigenvalue weighted by atomic mass is 9.85. The number of hydrogen-bond donors (Lipinski definition) is 0. The van der Waals surface area contributed by atoms with Gasteiger partial charge in [0.15, 0.2) is 0 Å². The standard InChI is InChI=1S/C16H14N2O3/c19-14-12-10-3-4-11(16(10)5-6-16)13(12)15(20)18(14)17-8-9-2-1-7-21-9/h1-4,7-8,10-13H,5-6H2/b17-8-/t10-,11-,12-,13+/m0/s1. The number of carbonyl (C=O) groups excluding carboxylic acids is 2. The van der Waals surface area contributed by atoms with E-state index in [9.17, 15) is 9.59 Å². The van der Waals surface area contributed by atoms with Crippen LogP contribution in [0.25, 0.3) is 0 Å². The Morgan fingerprint density at radius 1 is 1.19 bits per heavy atom. The first-order valence-corrected chi connectivity index (χ1v) is 7.36. The fourth-order valence-electron chi connectivity index (χ4n) is 4.66. The smallest absolute Gasteiger partial charge is 0.254 e. The van der Waals surface area contributed by atoms with Gasteiger partial charge in [-0.25, -0.2) is 0 Å². The lowest BCUT2D eigenvalue weighted by molar-refractivity contribution is -0.141. The fourth-order valence-corrected chi connectivity index (χ4v) is 4.66. The van der Waals surface area contributed by atoms with Crippen molar-refractivity contribution in [1.29, 1.82) is 0 Å². The van der Waals surface area contributed by atoms with Gasteiger partial charge in [0.2, 0.25) is 0 Å². The van der Waals surface area contributed by atoms with Gasteiger partial charge in [-0.15, -0.1) is 0 Å². The molecule has 21 heavy (non-hydrogen) atoms. The van der Waals surface area contributed by atoms with Gasteiger partial charge in [-0.2, -0.15) is 10.1 Å². The van der Waals surface area contributed by atoms with Crippen LogP contribution in [0.1, 0.15) is 18.6 Å². The van der Waals surface area contributed by atoms with Crippen LogP contribution >= 0.6 is 0 Å². The second-order valence-electron chi connectivity index (χ2n) is 6.47. The predicted octanol–water partition coefficient (Wildman–Crippen LogP) is 1.81. The number of rotatable bonds is 2. The summed E-state index contributed by atoms with van der Waals surface area (Å²) in [5.74, 6) is 0.354. The normalized spacial score (nSPS) is 38.2. The highest BCUT2D eigenvalue weighted by Crippen LogP contribution is 2.73. The molecule has 5 rings (SSSR count). The molecule has 0 radical (unpaired) electrons. The summed E-state index contributed by atoms with van der Waals surface area (Å²) in [7, 11) is 0. The summed E-state index contributed by atoms with van der Waals surface area (Å²) in [6, 6.07) is 3.48. The topological polar surface area (TPSA) is 62.9 Å². The van der Waals surface area contributed by atoms with E-state index in [2.05, 4.69) is 17.3 Å². The lowest BCUT2D eigenvalue weighted by Crippen LogP contribution is -2.30. The summed E-state index contributed by atoms with van der Waals surface area (Å²) in [4.78, 5) is 25.2. The number of amides is 2. The van der Waals surface area contributed by atoms with Gasteiger partial charge >= 0.3 is 0 Å². The van der Waals surface area contributed by atoms with Crippen molar-refractivity contribution in [2.45, 2.75) is 12.8 Å². The maximum atomic E-state index is 12.6. The Morgan fingerprint density at radius 3 is 2.38 bits per heavy atom. The van der Waals surface area contributed by atoms with Gasteiger partial charge in [-0.05, 0) is 42.2 Å². The van der Waals surface area contributed by atoms with E-state index in [1.807, 2.05) is 0 Å². The number of hydrogen-bond acceptors (Lipinski definition) is 4. The van der Waals surface area contributed by atoms with Gasteiger partial charge in [0.1, 0.15) is 5.76 Å². The Kier molecular flexibility index (Phi) is 1.93.